The number of benzene rings is 2. The van der Waals surface area contributed by atoms with E-state index in [1.54, 1.807) is 9.42 Å². The van der Waals surface area contributed by atoms with Crippen LogP contribution in [0.25, 0.3) is 28.2 Å². The van der Waals surface area contributed by atoms with E-state index in [0.717, 1.165) is 37.7 Å². The average Bonchev–Trinajstić information content (AvgIpc) is 3.56. The summed E-state index contributed by atoms with van der Waals surface area (Å²) in [6.45, 7) is 13.7. The Morgan fingerprint density at radius 3 is 2.32 bits per heavy atom. The molecule has 9 heteroatoms. The summed E-state index contributed by atoms with van der Waals surface area (Å²) in [5.41, 5.74) is 2.46. The van der Waals surface area contributed by atoms with Crippen molar-refractivity contribution in [1.82, 2.24) is 19.5 Å². The molecule has 1 amide bonds. The molecule has 4 rings (SSSR count). The standard InChI is InChI=1S/C35H46N4O5/c1-7-11-22-42-28-21-16-15-20-27(28)31-36-32-30(34(40)43-26(17-8-2)23-24(5)6)29(25-18-13-12-14-19-25)33(39(32)37-31)44-35(41)38(9-3)10-4/h12-16,18-21,24,26H,7-11,17,22-23H2,1-6H3,(H,36,37). The molecule has 0 aliphatic heterocycles. The third kappa shape index (κ3) is 7.44. The molecule has 0 bridgehead atoms. The van der Waals surface area contributed by atoms with E-state index in [-0.39, 0.29) is 17.5 Å². The highest BCUT2D eigenvalue weighted by molar-refractivity contribution is 6.06. The number of nitrogens with zero attached hydrogens (tertiary/aromatic N) is 3. The Morgan fingerprint density at radius 1 is 0.955 bits per heavy atom. The van der Waals surface area contributed by atoms with Gasteiger partial charge in [-0.25, -0.2) is 19.1 Å². The lowest BCUT2D eigenvalue weighted by molar-refractivity contribution is 0.0233. The molecule has 0 aliphatic rings. The monoisotopic (exact) mass is 602 g/mol. The van der Waals surface area contributed by atoms with Crippen LogP contribution < -0.4 is 9.47 Å². The van der Waals surface area contributed by atoms with Gasteiger partial charge in [0.1, 0.15) is 17.4 Å². The van der Waals surface area contributed by atoms with E-state index >= 15 is 0 Å². The zero-order valence-corrected chi connectivity index (χ0v) is 26.9. The third-order valence-electron chi connectivity index (χ3n) is 7.53. The maximum atomic E-state index is 14.2. The lowest BCUT2D eigenvalue weighted by Crippen LogP contribution is -2.33. The fourth-order valence-electron chi connectivity index (χ4n) is 5.29. The molecule has 1 unspecified atom stereocenters. The van der Waals surface area contributed by atoms with Crippen molar-refractivity contribution in [2.45, 2.75) is 79.8 Å². The number of para-hydroxylation sites is 1. The van der Waals surface area contributed by atoms with Gasteiger partial charge in [0.2, 0.25) is 5.88 Å². The predicted octanol–water partition coefficient (Wildman–Crippen LogP) is 8.39. The number of ether oxygens (including phenoxy) is 3. The molecule has 0 fully saturated rings. The van der Waals surface area contributed by atoms with Gasteiger partial charge in [0.15, 0.2) is 11.5 Å². The topological polar surface area (TPSA) is 98.2 Å². The number of unbranched alkanes of at least 4 members (excludes halogenated alkanes) is 1. The van der Waals surface area contributed by atoms with Gasteiger partial charge in [-0.1, -0.05) is 83.0 Å². The number of aromatic amines is 1. The molecule has 2 heterocycles. The van der Waals surface area contributed by atoms with Gasteiger partial charge in [0, 0.05) is 13.1 Å². The highest BCUT2D eigenvalue weighted by Crippen LogP contribution is 2.40. The molecule has 0 saturated heterocycles. The fraction of sp³-hybridized carbons (Fsp3) is 0.457. The highest BCUT2D eigenvalue weighted by atomic mass is 16.6. The first-order valence-electron chi connectivity index (χ1n) is 15.9. The van der Waals surface area contributed by atoms with Gasteiger partial charge in [0.25, 0.3) is 0 Å². The molecule has 2 aromatic heterocycles. The summed E-state index contributed by atoms with van der Waals surface area (Å²) in [6.07, 6.45) is 3.54. The van der Waals surface area contributed by atoms with Crippen LogP contribution in [0.4, 0.5) is 4.79 Å². The molecule has 44 heavy (non-hydrogen) atoms. The number of H-pyrrole nitrogens is 1. The average molecular weight is 603 g/mol. The van der Waals surface area contributed by atoms with Gasteiger partial charge < -0.3 is 19.1 Å². The van der Waals surface area contributed by atoms with Crippen LogP contribution in [-0.2, 0) is 4.74 Å². The zero-order valence-electron chi connectivity index (χ0n) is 26.9. The third-order valence-corrected chi connectivity index (χ3v) is 7.53. The molecule has 0 aliphatic carbocycles. The van der Waals surface area contributed by atoms with Gasteiger partial charge in [0.05, 0.1) is 17.7 Å². The molecule has 236 valence electrons. The number of amides is 1. The van der Waals surface area contributed by atoms with E-state index in [9.17, 15) is 9.59 Å². The van der Waals surface area contributed by atoms with Crippen molar-refractivity contribution in [2.75, 3.05) is 19.7 Å². The number of nitrogens with one attached hydrogen (secondary N) is 1. The quantitative estimate of drug-likeness (QED) is 0.108. The summed E-state index contributed by atoms with van der Waals surface area (Å²) in [5.74, 6) is 1.18. The Labute approximate surface area is 260 Å². The molecular weight excluding hydrogens is 556 g/mol. The van der Waals surface area contributed by atoms with Crippen molar-refractivity contribution < 1.29 is 23.8 Å². The molecular formula is C35H46N4O5. The van der Waals surface area contributed by atoms with Crippen LogP contribution in [0.3, 0.4) is 0 Å². The minimum atomic E-state index is -0.519. The summed E-state index contributed by atoms with van der Waals surface area (Å²) in [6, 6.07) is 17.1. The molecule has 0 spiro atoms. The van der Waals surface area contributed by atoms with Gasteiger partial charge >= 0.3 is 12.1 Å². The van der Waals surface area contributed by atoms with Crippen molar-refractivity contribution in [3.63, 3.8) is 0 Å². The molecule has 0 saturated carbocycles. The van der Waals surface area contributed by atoms with Gasteiger partial charge in [-0.15, -0.1) is 0 Å². The largest absolute Gasteiger partial charge is 0.493 e. The second kappa shape index (κ2) is 15.5. The molecule has 4 aromatic rings. The molecule has 1 N–H and O–H groups in total. The molecule has 1 atom stereocenters. The molecule has 2 aromatic carbocycles. The summed E-state index contributed by atoms with van der Waals surface area (Å²) in [4.78, 5) is 34.1. The number of aromatic nitrogens is 3. The Hall–Kier alpha value is -4.27. The van der Waals surface area contributed by atoms with Gasteiger partial charge in [-0.3, -0.25) is 5.10 Å². The van der Waals surface area contributed by atoms with Crippen molar-refractivity contribution in [2.24, 2.45) is 5.92 Å². The van der Waals surface area contributed by atoms with Crippen molar-refractivity contribution in [3.05, 3.63) is 60.2 Å². The van der Waals surface area contributed by atoms with Crippen LogP contribution in [0.15, 0.2) is 54.6 Å². The van der Waals surface area contributed by atoms with E-state index in [1.165, 1.54) is 0 Å². The normalized spacial score (nSPS) is 12.0. The number of carbonyl (C=O) groups excluding carboxylic acids is 2. The van der Waals surface area contributed by atoms with Crippen LogP contribution in [-0.4, -0.2) is 57.4 Å². The van der Waals surface area contributed by atoms with E-state index in [2.05, 4.69) is 32.8 Å². The Kier molecular flexibility index (Phi) is 11.5. The SMILES string of the molecule is CCCCOc1ccccc1-c1nc2c(C(=O)OC(CCC)CC(C)C)c(-c3ccccc3)c(OC(=O)N(CC)CC)n2[nH]1. The van der Waals surface area contributed by atoms with Crippen molar-refractivity contribution >= 4 is 17.7 Å². The Balaban J connectivity index is 1.94. The fourth-order valence-corrected chi connectivity index (χ4v) is 5.29. The van der Waals surface area contributed by atoms with Crippen LogP contribution in [0.1, 0.15) is 84.0 Å². The van der Waals surface area contributed by atoms with E-state index in [0.29, 0.717) is 54.0 Å². The summed E-state index contributed by atoms with van der Waals surface area (Å²) in [7, 11) is 0. The maximum Gasteiger partial charge on any atom is 0.416 e. The van der Waals surface area contributed by atoms with Gasteiger partial charge in [-0.05, 0) is 56.7 Å². The smallest absolute Gasteiger partial charge is 0.416 e. The minimum Gasteiger partial charge on any atom is -0.493 e. The Bertz CT molecular complexity index is 1520. The minimum absolute atomic E-state index is 0.175. The number of esters is 1. The first kappa shape index (κ1) is 32.6. The number of rotatable bonds is 15. The highest BCUT2D eigenvalue weighted by Gasteiger charge is 2.33. The lowest BCUT2D eigenvalue weighted by Gasteiger charge is -2.20. The number of fused-ring (bicyclic) bond motifs is 1. The van der Waals surface area contributed by atoms with E-state index in [1.807, 2.05) is 68.4 Å². The van der Waals surface area contributed by atoms with E-state index in [4.69, 9.17) is 19.2 Å². The lowest BCUT2D eigenvalue weighted by atomic mass is 10.0. The summed E-state index contributed by atoms with van der Waals surface area (Å²) < 4.78 is 20.0. The first-order chi connectivity index (χ1) is 21.3. The van der Waals surface area contributed by atoms with Crippen LogP contribution in [0.2, 0.25) is 0 Å². The molecule has 9 nitrogen and oxygen atoms in total. The van der Waals surface area contributed by atoms with Crippen molar-refractivity contribution in [1.29, 1.82) is 0 Å². The van der Waals surface area contributed by atoms with Crippen molar-refractivity contribution in [3.8, 4) is 34.1 Å². The van der Waals surface area contributed by atoms with Crippen LogP contribution in [0, 0.1) is 5.92 Å². The summed E-state index contributed by atoms with van der Waals surface area (Å²) in [5, 5.41) is 3.31. The molecule has 0 radical (unpaired) electrons. The van der Waals surface area contributed by atoms with Crippen LogP contribution in [0.5, 0.6) is 11.6 Å². The maximum absolute atomic E-state index is 14.2. The van der Waals surface area contributed by atoms with Crippen LogP contribution >= 0.6 is 0 Å². The van der Waals surface area contributed by atoms with Gasteiger partial charge in [-0.2, -0.15) is 0 Å². The van der Waals surface area contributed by atoms with E-state index < -0.39 is 12.1 Å². The first-order valence-corrected chi connectivity index (χ1v) is 15.9. The second-order valence-electron chi connectivity index (χ2n) is 11.3. The second-order valence-corrected chi connectivity index (χ2v) is 11.3. The Morgan fingerprint density at radius 2 is 1.66 bits per heavy atom. The zero-order chi connectivity index (χ0) is 31.6. The number of hydrogen-bond donors (Lipinski definition) is 1. The number of hydrogen-bond acceptors (Lipinski definition) is 6. The number of carbonyl (C=O) groups is 2. The predicted molar refractivity (Wildman–Crippen MR) is 173 cm³/mol. The summed E-state index contributed by atoms with van der Waals surface area (Å²) >= 11 is 0.